The molecule has 2 N–H and O–H groups in total. The molecule has 0 radical (unpaired) electrons. The fourth-order valence-electron chi connectivity index (χ4n) is 0.861. The summed E-state index contributed by atoms with van der Waals surface area (Å²) in [6.45, 7) is 7.11. The Balaban J connectivity index is 4.14. The molecule has 0 aliphatic carbocycles. The minimum atomic E-state index is -0.802. The average Bonchev–Trinajstić information content (AvgIpc) is 2.10. The summed E-state index contributed by atoms with van der Waals surface area (Å²) in [5.41, 5.74) is -0.639. The van der Waals surface area contributed by atoms with Gasteiger partial charge in [0.25, 0.3) is 0 Å². The maximum absolute atomic E-state index is 11.3. The molecule has 2 amide bonds. The van der Waals surface area contributed by atoms with Crippen LogP contribution < -0.4 is 5.84 Å². The summed E-state index contributed by atoms with van der Waals surface area (Å²) >= 11 is 0. The predicted octanol–water partition coefficient (Wildman–Crippen LogP) is 1.81. The SMILES string of the molecule is CCCCC(=O)N(N)C(=O)OC(C)(C)C. The molecule has 5 nitrogen and oxygen atoms in total. The third-order valence-corrected chi connectivity index (χ3v) is 1.60. The summed E-state index contributed by atoms with van der Waals surface area (Å²) < 4.78 is 4.94. The average molecular weight is 216 g/mol. The number of amides is 2. The lowest BCUT2D eigenvalue weighted by Gasteiger charge is -2.23. The number of rotatable bonds is 3. The third kappa shape index (κ3) is 6.06. The molecule has 0 rings (SSSR count). The van der Waals surface area contributed by atoms with E-state index in [-0.39, 0.29) is 6.42 Å². The van der Waals surface area contributed by atoms with Crippen LogP contribution >= 0.6 is 0 Å². The largest absolute Gasteiger partial charge is 0.442 e. The molecular formula is C10H20N2O3. The molecule has 0 aromatic heterocycles. The van der Waals surface area contributed by atoms with E-state index in [4.69, 9.17) is 10.6 Å². The molecule has 0 aromatic carbocycles. The maximum atomic E-state index is 11.3. The van der Waals surface area contributed by atoms with E-state index < -0.39 is 17.6 Å². The number of carbonyl (C=O) groups is 2. The second kappa shape index (κ2) is 5.70. The summed E-state index contributed by atoms with van der Waals surface area (Å²) in [6.07, 6.45) is 1.07. The second-order valence-corrected chi connectivity index (χ2v) is 4.35. The zero-order valence-corrected chi connectivity index (χ0v) is 9.87. The van der Waals surface area contributed by atoms with E-state index in [1.807, 2.05) is 6.92 Å². The predicted molar refractivity (Wildman–Crippen MR) is 56.8 cm³/mol. The van der Waals surface area contributed by atoms with Gasteiger partial charge in [-0.1, -0.05) is 13.3 Å². The molecule has 0 unspecified atom stereocenters. The minimum absolute atomic E-state index is 0.270. The molecule has 88 valence electrons. The molecule has 15 heavy (non-hydrogen) atoms. The van der Waals surface area contributed by atoms with Gasteiger partial charge in [-0.05, 0) is 27.2 Å². The summed E-state index contributed by atoms with van der Waals surface area (Å²) in [5.74, 6) is 4.91. The highest BCUT2D eigenvalue weighted by molar-refractivity contribution is 5.91. The Morgan fingerprint density at radius 3 is 2.27 bits per heavy atom. The molecule has 0 bridgehead atoms. The zero-order valence-electron chi connectivity index (χ0n) is 9.87. The van der Waals surface area contributed by atoms with Crippen LogP contribution in [0, 0.1) is 0 Å². The van der Waals surface area contributed by atoms with Gasteiger partial charge in [0, 0.05) is 6.42 Å². The number of nitrogens with zero attached hydrogens (tertiary/aromatic N) is 1. The Labute approximate surface area is 90.5 Å². The summed E-state index contributed by atoms with van der Waals surface area (Å²) in [6, 6.07) is 0. The number of hydrogen-bond acceptors (Lipinski definition) is 4. The molecule has 0 aromatic rings. The number of carbonyl (C=O) groups excluding carboxylic acids is 2. The van der Waals surface area contributed by atoms with Crippen LogP contribution in [0.25, 0.3) is 0 Å². The van der Waals surface area contributed by atoms with Crippen LogP contribution in [0.5, 0.6) is 0 Å². The zero-order chi connectivity index (χ0) is 12.1. The first-order valence-electron chi connectivity index (χ1n) is 5.08. The van der Waals surface area contributed by atoms with Crippen LogP contribution in [0.15, 0.2) is 0 Å². The van der Waals surface area contributed by atoms with E-state index in [9.17, 15) is 9.59 Å². The minimum Gasteiger partial charge on any atom is -0.442 e. The van der Waals surface area contributed by atoms with Gasteiger partial charge in [0.2, 0.25) is 5.91 Å². The molecule has 0 spiro atoms. The Morgan fingerprint density at radius 2 is 1.87 bits per heavy atom. The van der Waals surface area contributed by atoms with Crippen LogP contribution in [0.2, 0.25) is 0 Å². The van der Waals surface area contributed by atoms with Gasteiger partial charge in [0.1, 0.15) is 5.60 Å². The van der Waals surface area contributed by atoms with Crippen LogP contribution in [0.4, 0.5) is 4.79 Å². The van der Waals surface area contributed by atoms with Gasteiger partial charge in [0.05, 0.1) is 0 Å². The summed E-state index contributed by atoms with van der Waals surface area (Å²) in [5, 5.41) is 0.543. The lowest BCUT2D eigenvalue weighted by molar-refractivity contribution is -0.130. The molecular weight excluding hydrogens is 196 g/mol. The van der Waals surface area contributed by atoms with Crippen molar-refractivity contribution in [3.8, 4) is 0 Å². The molecule has 0 saturated heterocycles. The van der Waals surface area contributed by atoms with Crippen molar-refractivity contribution in [3.63, 3.8) is 0 Å². The van der Waals surface area contributed by atoms with Crippen molar-refractivity contribution >= 4 is 12.0 Å². The number of hydrazine groups is 1. The number of nitrogens with two attached hydrogens (primary N) is 1. The first kappa shape index (κ1) is 13.9. The van der Waals surface area contributed by atoms with Crippen molar-refractivity contribution in [2.24, 2.45) is 5.84 Å². The van der Waals surface area contributed by atoms with Crippen molar-refractivity contribution in [1.29, 1.82) is 0 Å². The van der Waals surface area contributed by atoms with E-state index >= 15 is 0 Å². The second-order valence-electron chi connectivity index (χ2n) is 4.35. The van der Waals surface area contributed by atoms with Gasteiger partial charge in [-0.15, -0.1) is 0 Å². The Bertz CT molecular complexity index is 233. The van der Waals surface area contributed by atoms with Crippen molar-refractivity contribution in [2.45, 2.75) is 52.6 Å². The smallest absolute Gasteiger partial charge is 0.431 e. The van der Waals surface area contributed by atoms with Gasteiger partial charge in [-0.2, -0.15) is 5.01 Å². The van der Waals surface area contributed by atoms with Gasteiger partial charge in [0.15, 0.2) is 0 Å². The Hall–Kier alpha value is -1.10. The molecule has 0 saturated carbocycles. The van der Waals surface area contributed by atoms with Gasteiger partial charge < -0.3 is 4.74 Å². The normalized spacial score (nSPS) is 11.0. The van der Waals surface area contributed by atoms with Crippen molar-refractivity contribution < 1.29 is 14.3 Å². The highest BCUT2D eigenvalue weighted by Crippen LogP contribution is 2.09. The number of imide groups is 1. The standard InChI is InChI=1S/C10H20N2O3/c1-5-6-7-8(13)12(11)9(14)15-10(2,3)4/h5-7,11H2,1-4H3. The third-order valence-electron chi connectivity index (χ3n) is 1.60. The van der Waals surface area contributed by atoms with Gasteiger partial charge in [-0.25, -0.2) is 10.6 Å². The van der Waals surface area contributed by atoms with Crippen LogP contribution in [-0.4, -0.2) is 22.6 Å². The fraction of sp³-hybridized carbons (Fsp3) is 0.800. The quantitative estimate of drug-likeness (QED) is 0.443. The van der Waals surface area contributed by atoms with Gasteiger partial charge >= 0.3 is 6.09 Å². The van der Waals surface area contributed by atoms with E-state index in [1.54, 1.807) is 20.8 Å². The highest BCUT2D eigenvalue weighted by atomic mass is 16.6. The van der Waals surface area contributed by atoms with Crippen LogP contribution in [0.1, 0.15) is 47.0 Å². The monoisotopic (exact) mass is 216 g/mol. The van der Waals surface area contributed by atoms with Gasteiger partial charge in [-0.3, -0.25) is 4.79 Å². The van der Waals surface area contributed by atoms with Crippen LogP contribution in [0.3, 0.4) is 0 Å². The first-order chi connectivity index (χ1) is 6.78. The number of hydrogen-bond donors (Lipinski definition) is 1. The van der Waals surface area contributed by atoms with Crippen molar-refractivity contribution in [1.82, 2.24) is 5.01 Å². The molecule has 0 atom stereocenters. The Morgan fingerprint density at radius 1 is 1.33 bits per heavy atom. The number of unbranched alkanes of at least 4 members (excludes halogenated alkanes) is 1. The van der Waals surface area contributed by atoms with E-state index in [0.29, 0.717) is 5.01 Å². The summed E-state index contributed by atoms with van der Waals surface area (Å²) in [7, 11) is 0. The maximum Gasteiger partial charge on any atom is 0.431 e. The topological polar surface area (TPSA) is 72.6 Å². The first-order valence-corrected chi connectivity index (χ1v) is 5.08. The lowest BCUT2D eigenvalue weighted by atomic mass is 10.2. The highest BCUT2D eigenvalue weighted by Gasteiger charge is 2.23. The number of ether oxygens (including phenoxy) is 1. The fourth-order valence-corrected chi connectivity index (χ4v) is 0.861. The van der Waals surface area contributed by atoms with Crippen LogP contribution in [-0.2, 0) is 9.53 Å². The molecule has 5 heteroatoms. The van der Waals surface area contributed by atoms with E-state index in [0.717, 1.165) is 12.8 Å². The molecule has 0 heterocycles. The summed E-state index contributed by atoms with van der Waals surface area (Å²) in [4.78, 5) is 22.7. The molecule has 0 fully saturated rings. The van der Waals surface area contributed by atoms with Crippen molar-refractivity contribution in [3.05, 3.63) is 0 Å². The van der Waals surface area contributed by atoms with E-state index in [2.05, 4.69) is 0 Å². The molecule has 0 aliphatic heterocycles. The Kier molecular flexibility index (Phi) is 5.28. The molecule has 0 aliphatic rings. The van der Waals surface area contributed by atoms with E-state index in [1.165, 1.54) is 0 Å². The lowest BCUT2D eigenvalue weighted by Crippen LogP contribution is -2.45. The van der Waals surface area contributed by atoms with Crippen molar-refractivity contribution in [2.75, 3.05) is 0 Å².